The highest BCUT2D eigenvalue weighted by atomic mass is 16.5. The second kappa shape index (κ2) is 7.05. The number of aliphatic imine (C=N–C) groups is 1. The van der Waals surface area contributed by atoms with Gasteiger partial charge in [-0.1, -0.05) is 23.8 Å². The van der Waals surface area contributed by atoms with Gasteiger partial charge in [0.2, 0.25) is 0 Å². The summed E-state index contributed by atoms with van der Waals surface area (Å²) in [5.41, 5.74) is 3.50. The number of nitrogens with zero attached hydrogens (tertiary/aromatic N) is 1. The summed E-state index contributed by atoms with van der Waals surface area (Å²) < 4.78 is 9.61. The van der Waals surface area contributed by atoms with Crippen LogP contribution in [0.15, 0.2) is 52.1 Å². The topological polar surface area (TPSA) is 65.0 Å². The standard InChI is InChI=1S/C18H19NO4/c1-11-5-8-13(9-6-11)19-16-12(2)7-10-14(17(20)22-3)15(16)18(21)23-4/h5-9H,10H2,1-4H3. The molecule has 1 aliphatic rings. The highest BCUT2D eigenvalue weighted by Gasteiger charge is 2.30. The van der Waals surface area contributed by atoms with Crippen LogP contribution in [0, 0.1) is 6.92 Å². The minimum absolute atomic E-state index is 0.167. The minimum Gasteiger partial charge on any atom is -0.466 e. The average Bonchev–Trinajstić information content (AvgIpc) is 2.57. The van der Waals surface area contributed by atoms with Crippen LogP contribution in [-0.2, 0) is 19.1 Å². The van der Waals surface area contributed by atoms with Crippen LogP contribution in [0.2, 0.25) is 0 Å². The molecule has 0 aromatic heterocycles. The fourth-order valence-corrected chi connectivity index (χ4v) is 2.32. The molecular weight excluding hydrogens is 294 g/mol. The first-order chi connectivity index (χ1) is 11.0. The van der Waals surface area contributed by atoms with Crippen LogP contribution in [0.4, 0.5) is 5.69 Å². The lowest BCUT2D eigenvalue weighted by Crippen LogP contribution is -2.24. The van der Waals surface area contributed by atoms with Gasteiger partial charge in [0.05, 0.1) is 36.8 Å². The van der Waals surface area contributed by atoms with Crippen molar-refractivity contribution in [2.24, 2.45) is 4.99 Å². The number of carbonyl (C=O) groups excluding carboxylic acids is 2. The zero-order valence-corrected chi connectivity index (χ0v) is 13.7. The number of hydrogen-bond donors (Lipinski definition) is 0. The van der Waals surface area contributed by atoms with Gasteiger partial charge in [0.25, 0.3) is 0 Å². The van der Waals surface area contributed by atoms with Gasteiger partial charge >= 0.3 is 11.9 Å². The Morgan fingerprint density at radius 1 is 1.00 bits per heavy atom. The zero-order valence-electron chi connectivity index (χ0n) is 13.7. The first-order valence-electron chi connectivity index (χ1n) is 7.20. The molecule has 1 aromatic carbocycles. The van der Waals surface area contributed by atoms with E-state index >= 15 is 0 Å². The lowest BCUT2D eigenvalue weighted by atomic mass is 9.90. The van der Waals surface area contributed by atoms with E-state index in [1.54, 1.807) is 0 Å². The van der Waals surface area contributed by atoms with E-state index in [4.69, 9.17) is 9.47 Å². The molecule has 5 heteroatoms. The zero-order chi connectivity index (χ0) is 17.0. The van der Waals surface area contributed by atoms with E-state index in [0.29, 0.717) is 17.8 Å². The van der Waals surface area contributed by atoms with Crippen LogP contribution >= 0.6 is 0 Å². The summed E-state index contributed by atoms with van der Waals surface area (Å²) in [4.78, 5) is 28.7. The summed E-state index contributed by atoms with van der Waals surface area (Å²) in [6.07, 6.45) is 2.17. The van der Waals surface area contributed by atoms with Crippen molar-refractivity contribution in [2.45, 2.75) is 20.3 Å². The van der Waals surface area contributed by atoms with Gasteiger partial charge in [-0.3, -0.25) is 0 Å². The van der Waals surface area contributed by atoms with Gasteiger partial charge in [0.15, 0.2) is 0 Å². The van der Waals surface area contributed by atoms with Crippen molar-refractivity contribution < 1.29 is 19.1 Å². The molecule has 0 unspecified atom stereocenters. The number of ether oxygens (including phenoxy) is 2. The van der Waals surface area contributed by atoms with Gasteiger partial charge in [0, 0.05) is 0 Å². The monoisotopic (exact) mass is 313 g/mol. The van der Waals surface area contributed by atoms with Gasteiger partial charge in [-0.15, -0.1) is 0 Å². The third-order valence-electron chi connectivity index (χ3n) is 3.62. The lowest BCUT2D eigenvalue weighted by molar-refractivity contribution is -0.139. The van der Waals surface area contributed by atoms with Crippen molar-refractivity contribution in [3.63, 3.8) is 0 Å². The highest BCUT2D eigenvalue weighted by Crippen LogP contribution is 2.27. The van der Waals surface area contributed by atoms with Gasteiger partial charge < -0.3 is 9.47 Å². The summed E-state index contributed by atoms with van der Waals surface area (Å²) in [6.45, 7) is 3.84. The van der Waals surface area contributed by atoms with Crippen LogP contribution in [0.5, 0.6) is 0 Å². The van der Waals surface area contributed by atoms with E-state index in [2.05, 4.69) is 4.99 Å². The van der Waals surface area contributed by atoms with Crippen molar-refractivity contribution in [2.75, 3.05) is 14.2 Å². The van der Waals surface area contributed by atoms with Crippen molar-refractivity contribution >= 4 is 23.3 Å². The molecule has 0 amide bonds. The molecule has 0 bridgehead atoms. The molecule has 0 aliphatic heterocycles. The van der Waals surface area contributed by atoms with Crippen molar-refractivity contribution in [3.8, 4) is 0 Å². The Morgan fingerprint density at radius 2 is 1.61 bits per heavy atom. The number of hydrogen-bond acceptors (Lipinski definition) is 5. The molecule has 0 saturated heterocycles. The Morgan fingerprint density at radius 3 is 2.17 bits per heavy atom. The molecule has 1 aliphatic carbocycles. The quantitative estimate of drug-likeness (QED) is 0.804. The lowest BCUT2D eigenvalue weighted by Gasteiger charge is -2.18. The first-order valence-corrected chi connectivity index (χ1v) is 7.20. The Labute approximate surface area is 135 Å². The Hall–Kier alpha value is -2.69. The second-order valence-electron chi connectivity index (χ2n) is 5.22. The first kappa shape index (κ1) is 16.7. The molecule has 1 aromatic rings. The van der Waals surface area contributed by atoms with E-state index in [-0.39, 0.29) is 11.1 Å². The van der Waals surface area contributed by atoms with Crippen molar-refractivity contribution in [1.29, 1.82) is 0 Å². The van der Waals surface area contributed by atoms with Crippen molar-refractivity contribution in [1.82, 2.24) is 0 Å². The molecule has 5 nitrogen and oxygen atoms in total. The third kappa shape index (κ3) is 3.56. The number of aryl methyl sites for hydroxylation is 1. The molecule has 120 valence electrons. The molecule has 0 heterocycles. The van der Waals surface area contributed by atoms with E-state index in [9.17, 15) is 9.59 Å². The van der Waals surface area contributed by atoms with E-state index in [0.717, 1.165) is 11.1 Å². The van der Waals surface area contributed by atoms with Crippen LogP contribution in [0.3, 0.4) is 0 Å². The molecule has 2 rings (SSSR count). The maximum absolute atomic E-state index is 12.2. The summed E-state index contributed by atoms with van der Waals surface area (Å²) in [5.74, 6) is -1.14. The predicted octanol–water partition coefficient (Wildman–Crippen LogP) is 3.06. The second-order valence-corrected chi connectivity index (χ2v) is 5.22. The number of allylic oxidation sites excluding steroid dienone is 2. The molecule has 23 heavy (non-hydrogen) atoms. The van der Waals surface area contributed by atoms with Crippen molar-refractivity contribution in [3.05, 3.63) is 52.6 Å². The molecule has 0 N–H and O–H groups in total. The normalized spacial score (nSPS) is 16.2. The summed E-state index contributed by atoms with van der Waals surface area (Å²) >= 11 is 0. The van der Waals surface area contributed by atoms with Crippen LogP contribution in [-0.4, -0.2) is 31.9 Å². The molecule has 0 saturated carbocycles. The van der Waals surface area contributed by atoms with Gasteiger partial charge in [-0.05, 0) is 38.0 Å². The fraction of sp³-hybridized carbons (Fsp3) is 0.278. The van der Waals surface area contributed by atoms with Gasteiger partial charge in [-0.25, -0.2) is 14.6 Å². The minimum atomic E-state index is -0.594. The average molecular weight is 313 g/mol. The molecule has 0 radical (unpaired) electrons. The van der Waals surface area contributed by atoms with Crippen LogP contribution < -0.4 is 0 Å². The maximum Gasteiger partial charge on any atom is 0.340 e. The highest BCUT2D eigenvalue weighted by molar-refractivity contribution is 6.30. The molecule has 0 spiro atoms. The third-order valence-corrected chi connectivity index (χ3v) is 3.62. The SMILES string of the molecule is COC(=O)C1=C(C(=O)OC)C(=Nc2ccc(C)cc2)C(C)=CC1. The number of methoxy groups -OCH3 is 2. The number of esters is 2. The number of benzene rings is 1. The molecular formula is C18H19NO4. The Bertz CT molecular complexity index is 724. The Kier molecular flexibility index (Phi) is 5.11. The van der Waals surface area contributed by atoms with E-state index < -0.39 is 11.9 Å². The van der Waals surface area contributed by atoms with E-state index in [1.807, 2.05) is 44.2 Å². The fourth-order valence-electron chi connectivity index (χ4n) is 2.32. The largest absolute Gasteiger partial charge is 0.466 e. The molecule has 0 fully saturated rings. The van der Waals surface area contributed by atoms with Crippen LogP contribution in [0.25, 0.3) is 0 Å². The smallest absolute Gasteiger partial charge is 0.340 e. The van der Waals surface area contributed by atoms with E-state index in [1.165, 1.54) is 14.2 Å². The van der Waals surface area contributed by atoms with Crippen LogP contribution in [0.1, 0.15) is 18.9 Å². The maximum atomic E-state index is 12.2. The summed E-state index contributed by atoms with van der Waals surface area (Å²) in [6, 6.07) is 7.59. The molecule has 0 atom stereocenters. The number of rotatable bonds is 3. The summed E-state index contributed by atoms with van der Waals surface area (Å²) in [5, 5.41) is 0. The van der Waals surface area contributed by atoms with Gasteiger partial charge in [0.1, 0.15) is 0 Å². The Balaban J connectivity index is 2.60. The predicted molar refractivity (Wildman–Crippen MR) is 87.7 cm³/mol. The summed E-state index contributed by atoms with van der Waals surface area (Å²) in [7, 11) is 2.56. The van der Waals surface area contributed by atoms with Gasteiger partial charge in [-0.2, -0.15) is 0 Å². The number of carbonyl (C=O) groups is 2.